The smallest absolute Gasteiger partial charge is 0.181 e. The van der Waals surface area contributed by atoms with E-state index in [4.69, 9.17) is 10.5 Å². The highest BCUT2D eigenvalue weighted by Gasteiger charge is 2.19. The van der Waals surface area contributed by atoms with Crippen LogP contribution in [0.3, 0.4) is 0 Å². The monoisotopic (exact) mass is 258 g/mol. The number of anilines is 1. The fraction of sp³-hybridized carbons (Fsp3) is 0.429. The first-order valence-electron chi connectivity index (χ1n) is 6.55. The van der Waals surface area contributed by atoms with E-state index in [0.717, 1.165) is 30.2 Å². The van der Waals surface area contributed by atoms with Gasteiger partial charge in [0.1, 0.15) is 11.6 Å². The van der Waals surface area contributed by atoms with Crippen molar-refractivity contribution >= 4 is 5.69 Å². The molecule has 0 saturated heterocycles. The van der Waals surface area contributed by atoms with Crippen LogP contribution in [-0.2, 0) is 13.0 Å². The lowest BCUT2D eigenvalue weighted by Crippen LogP contribution is -2.18. The molecule has 100 valence electrons. The minimum atomic E-state index is 0.612. The number of ether oxygens (including phenoxy) is 1. The molecule has 0 bridgehead atoms. The average Bonchev–Trinajstić information content (AvgIpc) is 2.81. The molecular weight excluding hydrogens is 240 g/mol. The van der Waals surface area contributed by atoms with Gasteiger partial charge in [-0.15, -0.1) is 0 Å². The van der Waals surface area contributed by atoms with E-state index in [1.807, 2.05) is 22.9 Å². The summed E-state index contributed by atoms with van der Waals surface area (Å²) in [5.74, 6) is 3.17. The molecule has 2 N–H and O–H groups in total. The number of benzene rings is 1. The number of methoxy groups -OCH3 is 1. The summed E-state index contributed by atoms with van der Waals surface area (Å²) in [7, 11) is 1.61. The first-order chi connectivity index (χ1) is 9.17. The number of hydrogen-bond acceptors (Lipinski definition) is 4. The van der Waals surface area contributed by atoms with Gasteiger partial charge in [0.15, 0.2) is 5.82 Å². The molecule has 1 aliphatic heterocycles. The number of aromatic nitrogens is 3. The van der Waals surface area contributed by atoms with Gasteiger partial charge in [-0.05, 0) is 30.5 Å². The molecule has 1 aromatic carbocycles. The zero-order valence-corrected chi connectivity index (χ0v) is 11.3. The molecule has 0 saturated carbocycles. The van der Waals surface area contributed by atoms with Gasteiger partial charge in [0, 0.05) is 18.5 Å². The van der Waals surface area contributed by atoms with E-state index in [-0.39, 0.29) is 0 Å². The second kappa shape index (κ2) is 4.57. The van der Waals surface area contributed by atoms with Crippen LogP contribution in [0.1, 0.15) is 19.2 Å². The predicted molar refractivity (Wildman–Crippen MR) is 73.9 cm³/mol. The van der Waals surface area contributed by atoms with Gasteiger partial charge in [-0.1, -0.05) is 6.92 Å². The number of nitrogens with zero attached hydrogens (tertiary/aromatic N) is 3. The van der Waals surface area contributed by atoms with Crippen LogP contribution in [-0.4, -0.2) is 21.9 Å². The van der Waals surface area contributed by atoms with E-state index >= 15 is 0 Å². The lowest BCUT2D eigenvalue weighted by molar-refractivity contribution is 0.368. The molecular formula is C14H18N4O. The normalized spacial score (nSPS) is 18.1. The molecule has 1 aliphatic rings. The molecule has 0 radical (unpaired) electrons. The molecule has 5 heteroatoms. The zero-order valence-electron chi connectivity index (χ0n) is 11.3. The maximum absolute atomic E-state index is 5.93. The minimum absolute atomic E-state index is 0.612. The second-order valence-electron chi connectivity index (χ2n) is 5.13. The van der Waals surface area contributed by atoms with E-state index in [1.54, 1.807) is 7.11 Å². The van der Waals surface area contributed by atoms with Crippen molar-refractivity contribution in [1.29, 1.82) is 0 Å². The highest BCUT2D eigenvalue weighted by molar-refractivity contribution is 5.66. The van der Waals surface area contributed by atoms with Gasteiger partial charge < -0.3 is 10.5 Å². The van der Waals surface area contributed by atoms with E-state index in [9.17, 15) is 0 Å². The number of hydrogen-bond donors (Lipinski definition) is 1. The Kier molecular flexibility index (Phi) is 2.89. The average molecular weight is 258 g/mol. The predicted octanol–water partition coefficient (Wildman–Crippen LogP) is 2.12. The van der Waals surface area contributed by atoms with E-state index < -0.39 is 0 Å². The molecule has 1 aromatic heterocycles. The van der Waals surface area contributed by atoms with Gasteiger partial charge in [-0.2, -0.15) is 5.10 Å². The third-order valence-corrected chi connectivity index (χ3v) is 3.58. The van der Waals surface area contributed by atoms with E-state index in [0.29, 0.717) is 17.4 Å². The maximum atomic E-state index is 5.93. The first kappa shape index (κ1) is 12.0. The minimum Gasteiger partial charge on any atom is -0.495 e. The van der Waals surface area contributed by atoms with Gasteiger partial charge in [0.2, 0.25) is 0 Å². The first-order valence-corrected chi connectivity index (χ1v) is 6.55. The van der Waals surface area contributed by atoms with Crippen molar-refractivity contribution in [3.63, 3.8) is 0 Å². The number of fused-ring (bicyclic) bond motifs is 1. The molecule has 1 unspecified atom stereocenters. The van der Waals surface area contributed by atoms with Gasteiger partial charge in [0.25, 0.3) is 0 Å². The maximum Gasteiger partial charge on any atom is 0.181 e. The lowest BCUT2D eigenvalue weighted by atomic mass is 10.0. The van der Waals surface area contributed by atoms with Crippen LogP contribution in [0.15, 0.2) is 18.2 Å². The largest absolute Gasteiger partial charge is 0.495 e. The molecule has 2 heterocycles. The van der Waals surface area contributed by atoms with Crippen molar-refractivity contribution < 1.29 is 4.74 Å². The Morgan fingerprint density at radius 3 is 3.00 bits per heavy atom. The third-order valence-electron chi connectivity index (χ3n) is 3.58. The number of nitrogens with two attached hydrogens (primary N) is 1. The Bertz CT molecular complexity index is 605. The summed E-state index contributed by atoms with van der Waals surface area (Å²) in [5, 5.41) is 4.58. The van der Waals surface area contributed by atoms with Crippen molar-refractivity contribution in [3.8, 4) is 17.1 Å². The van der Waals surface area contributed by atoms with Crippen molar-refractivity contribution in [2.24, 2.45) is 5.92 Å². The van der Waals surface area contributed by atoms with E-state index in [1.165, 1.54) is 6.42 Å². The highest BCUT2D eigenvalue weighted by atomic mass is 16.5. The van der Waals surface area contributed by atoms with Crippen molar-refractivity contribution in [3.05, 3.63) is 24.0 Å². The zero-order chi connectivity index (χ0) is 13.4. The summed E-state index contributed by atoms with van der Waals surface area (Å²) in [6.45, 7) is 3.20. The van der Waals surface area contributed by atoms with Crippen LogP contribution in [0.2, 0.25) is 0 Å². The molecule has 0 amide bonds. The van der Waals surface area contributed by atoms with Gasteiger partial charge in [0.05, 0.1) is 12.8 Å². The summed E-state index contributed by atoms with van der Waals surface area (Å²) in [5.41, 5.74) is 7.48. The lowest BCUT2D eigenvalue weighted by Gasteiger charge is -2.17. The highest BCUT2D eigenvalue weighted by Crippen LogP contribution is 2.28. The van der Waals surface area contributed by atoms with Crippen molar-refractivity contribution in [1.82, 2.24) is 14.8 Å². The standard InChI is InChI=1S/C14H18N4O/c1-9-3-6-13-16-14(17-18(13)8-9)10-4-5-12(19-2)11(15)7-10/h4-5,7,9H,3,6,8,15H2,1-2H3. The number of rotatable bonds is 2. The topological polar surface area (TPSA) is 66.0 Å². The van der Waals surface area contributed by atoms with Crippen molar-refractivity contribution in [2.45, 2.75) is 26.3 Å². The Hall–Kier alpha value is -2.04. The molecule has 5 nitrogen and oxygen atoms in total. The number of nitrogen functional groups attached to an aromatic ring is 1. The Labute approximate surface area is 112 Å². The van der Waals surface area contributed by atoms with Crippen molar-refractivity contribution in [2.75, 3.05) is 12.8 Å². The van der Waals surface area contributed by atoms with Gasteiger partial charge in [-0.3, -0.25) is 0 Å². The molecule has 0 fully saturated rings. The van der Waals surface area contributed by atoms with Crippen LogP contribution in [0.5, 0.6) is 5.75 Å². The molecule has 19 heavy (non-hydrogen) atoms. The fourth-order valence-electron chi connectivity index (χ4n) is 2.46. The summed E-state index contributed by atoms with van der Waals surface area (Å²) >= 11 is 0. The SMILES string of the molecule is COc1ccc(-c2nc3n(n2)CC(C)CC3)cc1N. The summed E-state index contributed by atoms with van der Waals surface area (Å²) in [6.07, 6.45) is 2.18. The number of aryl methyl sites for hydroxylation is 1. The van der Waals surface area contributed by atoms with Crippen LogP contribution < -0.4 is 10.5 Å². The summed E-state index contributed by atoms with van der Waals surface area (Å²) < 4.78 is 7.18. The molecule has 0 spiro atoms. The van der Waals surface area contributed by atoms with E-state index in [2.05, 4.69) is 17.0 Å². The van der Waals surface area contributed by atoms with Crippen LogP contribution in [0.25, 0.3) is 11.4 Å². The quantitative estimate of drug-likeness (QED) is 0.838. The van der Waals surface area contributed by atoms with Crippen LogP contribution in [0, 0.1) is 5.92 Å². The summed E-state index contributed by atoms with van der Waals surface area (Å²) in [4.78, 5) is 4.61. The fourth-order valence-corrected chi connectivity index (χ4v) is 2.46. The molecule has 3 rings (SSSR count). The van der Waals surface area contributed by atoms with Crippen LogP contribution in [0.4, 0.5) is 5.69 Å². The molecule has 0 aliphatic carbocycles. The molecule has 1 atom stereocenters. The third kappa shape index (κ3) is 2.16. The Morgan fingerprint density at radius 2 is 2.26 bits per heavy atom. The Morgan fingerprint density at radius 1 is 1.42 bits per heavy atom. The van der Waals surface area contributed by atoms with Gasteiger partial charge in [-0.25, -0.2) is 9.67 Å². The molecule has 2 aromatic rings. The summed E-state index contributed by atoms with van der Waals surface area (Å²) in [6, 6.07) is 5.66. The van der Waals surface area contributed by atoms with Crippen LogP contribution >= 0.6 is 0 Å². The van der Waals surface area contributed by atoms with Gasteiger partial charge >= 0.3 is 0 Å². The second-order valence-corrected chi connectivity index (χ2v) is 5.13. The Balaban J connectivity index is 1.96.